The van der Waals surface area contributed by atoms with Crippen LogP contribution in [0.5, 0.6) is 5.75 Å². The second-order valence-electron chi connectivity index (χ2n) is 8.54. The average Bonchev–Trinajstić information content (AvgIpc) is 2.87. The fraction of sp³-hybridized carbons (Fsp3) is 0.154. The fourth-order valence-corrected chi connectivity index (χ4v) is 4.53. The molecule has 12 heteroatoms. The van der Waals surface area contributed by atoms with E-state index in [1.54, 1.807) is 36.4 Å². The maximum atomic E-state index is 13.3. The third-order valence-corrected chi connectivity index (χ3v) is 6.43. The molecule has 0 amide bonds. The summed E-state index contributed by atoms with van der Waals surface area (Å²) in [6, 6.07) is 14.1. The highest BCUT2D eigenvalue weighted by atomic mass is 79.9. The van der Waals surface area contributed by atoms with Crippen LogP contribution >= 0.6 is 31.9 Å². The molecule has 0 saturated carbocycles. The number of ether oxygens (including phenoxy) is 1. The SMILES string of the molecule is CC(C)c1nc2ccc(Br)cc2c(=O)n1N=Cc1cc(Br)cc([N+](=O)[O-])c1OCc1cccc(C(=O)O)c1. The van der Waals surface area contributed by atoms with Crippen molar-refractivity contribution < 1.29 is 19.6 Å². The average molecular weight is 644 g/mol. The van der Waals surface area contributed by atoms with Gasteiger partial charge in [-0.25, -0.2) is 9.78 Å². The third kappa shape index (κ3) is 5.81. The van der Waals surface area contributed by atoms with Crippen molar-refractivity contribution in [1.29, 1.82) is 0 Å². The molecule has 0 fully saturated rings. The summed E-state index contributed by atoms with van der Waals surface area (Å²) < 4.78 is 8.12. The molecule has 1 aromatic heterocycles. The van der Waals surface area contributed by atoms with E-state index in [1.807, 2.05) is 13.8 Å². The Morgan fingerprint density at radius 2 is 1.95 bits per heavy atom. The normalized spacial score (nSPS) is 11.4. The number of benzene rings is 3. The summed E-state index contributed by atoms with van der Waals surface area (Å²) in [5.41, 5.74) is 0.609. The molecule has 4 aromatic rings. The number of carboxylic acids is 1. The molecule has 4 rings (SSSR count). The number of hydrogen-bond acceptors (Lipinski definition) is 7. The van der Waals surface area contributed by atoms with Crippen LogP contribution in [0.2, 0.25) is 0 Å². The molecule has 38 heavy (non-hydrogen) atoms. The van der Waals surface area contributed by atoms with E-state index < -0.39 is 16.5 Å². The van der Waals surface area contributed by atoms with Crippen molar-refractivity contribution in [3.63, 3.8) is 0 Å². The molecule has 0 aliphatic heterocycles. The highest BCUT2D eigenvalue weighted by molar-refractivity contribution is 9.10. The van der Waals surface area contributed by atoms with Gasteiger partial charge in [-0.2, -0.15) is 9.78 Å². The van der Waals surface area contributed by atoms with Crippen molar-refractivity contribution >= 4 is 60.6 Å². The van der Waals surface area contributed by atoms with E-state index in [1.165, 1.54) is 29.1 Å². The lowest BCUT2D eigenvalue weighted by Crippen LogP contribution is -2.23. The van der Waals surface area contributed by atoms with Crippen molar-refractivity contribution in [1.82, 2.24) is 9.66 Å². The zero-order chi connectivity index (χ0) is 27.6. The number of halogens is 2. The number of hydrogen-bond donors (Lipinski definition) is 1. The van der Waals surface area contributed by atoms with Crippen LogP contribution in [0.1, 0.15) is 47.1 Å². The number of aromatic nitrogens is 2. The van der Waals surface area contributed by atoms with Crippen molar-refractivity contribution in [2.75, 3.05) is 0 Å². The Labute approximate surface area is 233 Å². The molecule has 0 radical (unpaired) electrons. The van der Waals surface area contributed by atoms with Crippen LogP contribution < -0.4 is 10.3 Å². The molecule has 0 unspecified atom stereocenters. The predicted octanol–water partition coefficient (Wildman–Crippen LogP) is 6.11. The summed E-state index contributed by atoms with van der Waals surface area (Å²) in [6.45, 7) is 3.62. The smallest absolute Gasteiger partial charge is 0.335 e. The van der Waals surface area contributed by atoms with Crippen molar-refractivity contribution in [3.8, 4) is 5.75 Å². The van der Waals surface area contributed by atoms with Crippen molar-refractivity contribution in [3.05, 3.63) is 107 Å². The number of nitrogens with zero attached hydrogens (tertiary/aromatic N) is 4. The maximum Gasteiger partial charge on any atom is 0.335 e. The largest absolute Gasteiger partial charge is 0.481 e. The highest BCUT2D eigenvalue weighted by Gasteiger charge is 2.21. The van der Waals surface area contributed by atoms with Gasteiger partial charge in [0.15, 0.2) is 0 Å². The van der Waals surface area contributed by atoms with E-state index in [2.05, 4.69) is 41.9 Å². The van der Waals surface area contributed by atoms with Crippen molar-refractivity contribution in [2.45, 2.75) is 26.4 Å². The van der Waals surface area contributed by atoms with E-state index >= 15 is 0 Å². The first-order valence-electron chi connectivity index (χ1n) is 11.2. The van der Waals surface area contributed by atoms with Crippen LogP contribution in [0.15, 0.2) is 73.4 Å². The number of aromatic carboxylic acids is 1. The highest BCUT2D eigenvalue weighted by Crippen LogP contribution is 2.34. The zero-order valence-electron chi connectivity index (χ0n) is 20.1. The number of nitro groups is 1. The molecule has 0 saturated heterocycles. The predicted molar refractivity (Wildman–Crippen MR) is 149 cm³/mol. The summed E-state index contributed by atoms with van der Waals surface area (Å²) in [5, 5.41) is 25.8. The van der Waals surface area contributed by atoms with Gasteiger partial charge in [-0.15, -0.1) is 0 Å². The van der Waals surface area contributed by atoms with Crippen LogP contribution in [-0.2, 0) is 6.61 Å². The third-order valence-electron chi connectivity index (χ3n) is 5.48. The Balaban J connectivity index is 1.81. The van der Waals surface area contributed by atoms with E-state index in [0.717, 1.165) is 0 Å². The lowest BCUT2D eigenvalue weighted by molar-refractivity contribution is -0.386. The van der Waals surface area contributed by atoms with Gasteiger partial charge in [0.05, 0.1) is 27.6 Å². The molecular formula is C26H20Br2N4O6. The van der Waals surface area contributed by atoms with E-state index in [9.17, 15) is 24.8 Å². The second-order valence-corrected chi connectivity index (χ2v) is 10.4. The monoisotopic (exact) mass is 642 g/mol. The minimum Gasteiger partial charge on any atom is -0.481 e. The Hall–Kier alpha value is -3.90. The van der Waals surface area contributed by atoms with Crippen LogP contribution in [0.25, 0.3) is 10.9 Å². The molecule has 3 aromatic carbocycles. The van der Waals surface area contributed by atoms with Crippen molar-refractivity contribution in [2.24, 2.45) is 5.10 Å². The standard InChI is InChI=1S/C26H20Br2N4O6/c1-14(2)24-30-21-7-6-18(27)10-20(21)25(33)31(24)29-12-17-9-19(28)11-22(32(36)37)23(17)38-13-15-4-3-5-16(8-15)26(34)35/h3-12,14H,13H2,1-2H3,(H,34,35). The Bertz CT molecular complexity index is 1670. The molecule has 0 spiro atoms. The molecule has 0 aliphatic rings. The number of rotatable bonds is 8. The van der Waals surface area contributed by atoms with E-state index in [4.69, 9.17) is 4.74 Å². The van der Waals surface area contributed by atoms with Gasteiger partial charge in [0.2, 0.25) is 5.75 Å². The van der Waals surface area contributed by atoms with Crippen LogP contribution in [0.3, 0.4) is 0 Å². The lowest BCUT2D eigenvalue weighted by atomic mass is 10.1. The minimum atomic E-state index is -1.10. The molecular weight excluding hydrogens is 624 g/mol. The lowest BCUT2D eigenvalue weighted by Gasteiger charge is -2.13. The van der Waals surface area contributed by atoms with Crippen LogP contribution in [-0.4, -0.2) is 31.9 Å². The van der Waals surface area contributed by atoms with Gasteiger partial charge in [0, 0.05) is 26.5 Å². The van der Waals surface area contributed by atoms with Gasteiger partial charge in [0.25, 0.3) is 5.56 Å². The van der Waals surface area contributed by atoms with Gasteiger partial charge < -0.3 is 9.84 Å². The Kier molecular flexibility index (Phi) is 8.02. The maximum absolute atomic E-state index is 13.3. The van der Waals surface area contributed by atoms with Gasteiger partial charge in [-0.1, -0.05) is 57.8 Å². The first-order valence-corrected chi connectivity index (χ1v) is 12.8. The second kappa shape index (κ2) is 11.2. The molecule has 1 N–H and O–H groups in total. The van der Waals surface area contributed by atoms with Gasteiger partial charge in [-0.3, -0.25) is 14.9 Å². The Morgan fingerprint density at radius 1 is 1.18 bits per heavy atom. The zero-order valence-corrected chi connectivity index (χ0v) is 23.3. The quantitative estimate of drug-likeness (QED) is 0.139. The van der Waals surface area contributed by atoms with E-state index in [-0.39, 0.29) is 35.1 Å². The first-order chi connectivity index (χ1) is 18.0. The molecule has 0 atom stereocenters. The fourth-order valence-electron chi connectivity index (χ4n) is 3.71. The molecule has 0 aliphatic carbocycles. The van der Waals surface area contributed by atoms with Crippen LogP contribution in [0.4, 0.5) is 5.69 Å². The number of carbonyl (C=O) groups is 1. The molecule has 194 valence electrons. The number of fused-ring (bicyclic) bond motifs is 1. The summed E-state index contributed by atoms with van der Waals surface area (Å²) >= 11 is 6.65. The number of nitro benzene ring substituents is 1. The Morgan fingerprint density at radius 3 is 2.63 bits per heavy atom. The van der Waals surface area contributed by atoms with Gasteiger partial charge >= 0.3 is 11.7 Å². The summed E-state index contributed by atoms with van der Waals surface area (Å²) in [6.07, 6.45) is 1.31. The van der Waals surface area contributed by atoms with E-state index in [0.29, 0.717) is 31.2 Å². The van der Waals surface area contributed by atoms with Gasteiger partial charge in [-0.05, 0) is 42.0 Å². The van der Waals surface area contributed by atoms with Crippen LogP contribution in [0, 0.1) is 10.1 Å². The topological polar surface area (TPSA) is 137 Å². The minimum absolute atomic E-state index is 0.0641. The molecule has 0 bridgehead atoms. The first kappa shape index (κ1) is 27.1. The number of carboxylic acid groups (broad SMARTS) is 1. The van der Waals surface area contributed by atoms with Gasteiger partial charge in [0.1, 0.15) is 12.4 Å². The summed E-state index contributed by atoms with van der Waals surface area (Å²) in [5.74, 6) is -0.921. The summed E-state index contributed by atoms with van der Waals surface area (Å²) in [4.78, 5) is 40.5. The molecule has 10 nitrogen and oxygen atoms in total. The molecule has 1 heterocycles. The summed E-state index contributed by atoms with van der Waals surface area (Å²) in [7, 11) is 0.